The number of carbonyl (C=O) groups excluding carboxylic acids is 1. The van der Waals surface area contributed by atoms with E-state index in [1.165, 1.54) is 6.07 Å². The highest BCUT2D eigenvalue weighted by Gasteiger charge is 2.33. The highest BCUT2D eigenvalue weighted by Crippen LogP contribution is 2.36. The first-order chi connectivity index (χ1) is 10.1. The fourth-order valence-corrected chi connectivity index (χ4v) is 3.72. The Morgan fingerprint density at radius 1 is 1.32 bits per heavy atom. The summed E-state index contributed by atoms with van der Waals surface area (Å²) in [5, 5.41) is 3.15. The molecule has 22 heavy (non-hydrogen) atoms. The van der Waals surface area contributed by atoms with Gasteiger partial charge in [-0.05, 0) is 55.2 Å². The number of fused-ring (bicyclic) bond motifs is 1. The second kappa shape index (κ2) is 6.97. The van der Waals surface area contributed by atoms with Crippen LogP contribution in [0.4, 0.5) is 4.39 Å². The Kier molecular flexibility index (Phi) is 5.45. The van der Waals surface area contributed by atoms with Crippen molar-refractivity contribution in [1.82, 2.24) is 5.32 Å². The van der Waals surface area contributed by atoms with Gasteiger partial charge in [-0.1, -0.05) is 19.1 Å². The van der Waals surface area contributed by atoms with Gasteiger partial charge in [-0.2, -0.15) is 0 Å². The Bertz CT molecular complexity index is 551. The molecule has 0 aromatic heterocycles. The molecule has 0 saturated heterocycles. The van der Waals surface area contributed by atoms with Crippen molar-refractivity contribution in [3.05, 3.63) is 35.1 Å². The Morgan fingerprint density at radius 2 is 2.09 bits per heavy atom. The second-order valence-corrected chi connectivity index (χ2v) is 6.58. The van der Waals surface area contributed by atoms with Gasteiger partial charge in [0.15, 0.2) is 0 Å². The van der Waals surface area contributed by atoms with E-state index in [9.17, 15) is 9.18 Å². The molecule has 4 unspecified atom stereocenters. The highest BCUT2D eigenvalue weighted by atomic mass is 35.5. The summed E-state index contributed by atoms with van der Waals surface area (Å²) in [7, 11) is 0. The normalized spacial score (nSPS) is 30.3. The van der Waals surface area contributed by atoms with E-state index in [4.69, 9.17) is 5.73 Å². The quantitative estimate of drug-likeness (QED) is 0.877. The standard InChI is InChI=1S/C17H23FN2O.ClH/c1-10-5-8-13-14(3-2-4-15(13)18)16(10)20-17(21)11-6-7-12(19)9-11;/h2-4,10-12,16H,5-9,19H2,1H3,(H,20,21);1H. The van der Waals surface area contributed by atoms with Crippen LogP contribution in [0.2, 0.25) is 0 Å². The lowest BCUT2D eigenvalue weighted by Gasteiger charge is -2.33. The van der Waals surface area contributed by atoms with Gasteiger partial charge >= 0.3 is 0 Å². The molecule has 122 valence electrons. The zero-order valence-corrected chi connectivity index (χ0v) is 13.7. The molecule has 3 nitrogen and oxygen atoms in total. The lowest BCUT2D eigenvalue weighted by atomic mass is 9.80. The summed E-state index contributed by atoms with van der Waals surface area (Å²) in [5.41, 5.74) is 7.61. The van der Waals surface area contributed by atoms with Crippen molar-refractivity contribution in [1.29, 1.82) is 0 Å². The lowest BCUT2D eigenvalue weighted by Crippen LogP contribution is -2.38. The molecular formula is C17H24ClFN2O. The first-order valence-corrected chi connectivity index (χ1v) is 7.89. The molecule has 0 heterocycles. The second-order valence-electron chi connectivity index (χ2n) is 6.58. The maximum Gasteiger partial charge on any atom is 0.223 e. The lowest BCUT2D eigenvalue weighted by molar-refractivity contribution is -0.126. The van der Waals surface area contributed by atoms with Gasteiger partial charge in [-0.3, -0.25) is 4.79 Å². The summed E-state index contributed by atoms with van der Waals surface area (Å²) in [6.45, 7) is 2.12. The zero-order valence-electron chi connectivity index (χ0n) is 12.8. The van der Waals surface area contributed by atoms with Crippen molar-refractivity contribution in [3.8, 4) is 0 Å². The van der Waals surface area contributed by atoms with Crippen molar-refractivity contribution in [2.45, 2.75) is 51.1 Å². The van der Waals surface area contributed by atoms with E-state index in [1.807, 2.05) is 6.07 Å². The maximum absolute atomic E-state index is 13.9. The number of carbonyl (C=O) groups is 1. The largest absolute Gasteiger partial charge is 0.349 e. The molecule has 0 radical (unpaired) electrons. The topological polar surface area (TPSA) is 55.1 Å². The molecule has 4 atom stereocenters. The molecule has 0 aliphatic heterocycles. The van der Waals surface area contributed by atoms with Crippen molar-refractivity contribution in [3.63, 3.8) is 0 Å². The molecule has 0 spiro atoms. The highest BCUT2D eigenvalue weighted by molar-refractivity contribution is 5.85. The predicted octanol–water partition coefficient (Wildman–Crippen LogP) is 3.11. The fourth-order valence-electron chi connectivity index (χ4n) is 3.72. The molecule has 1 fully saturated rings. The molecule has 1 amide bonds. The van der Waals surface area contributed by atoms with Crippen LogP contribution in [-0.2, 0) is 11.2 Å². The minimum Gasteiger partial charge on any atom is -0.349 e. The number of halogens is 2. The minimum atomic E-state index is -0.151. The first kappa shape index (κ1) is 17.2. The molecule has 5 heteroatoms. The molecule has 1 aromatic rings. The smallest absolute Gasteiger partial charge is 0.223 e. The summed E-state index contributed by atoms with van der Waals surface area (Å²) in [6, 6.07) is 5.25. The minimum absolute atomic E-state index is 0. The van der Waals surface area contributed by atoms with Crippen LogP contribution < -0.4 is 11.1 Å². The van der Waals surface area contributed by atoms with Crippen molar-refractivity contribution in [2.75, 3.05) is 0 Å². The van der Waals surface area contributed by atoms with Crippen LogP contribution in [0.1, 0.15) is 49.8 Å². The molecule has 3 N–H and O–H groups in total. The molecule has 0 bridgehead atoms. The van der Waals surface area contributed by atoms with Crippen molar-refractivity contribution < 1.29 is 9.18 Å². The van der Waals surface area contributed by atoms with E-state index in [1.54, 1.807) is 6.07 Å². The molecular weight excluding hydrogens is 303 g/mol. The number of rotatable bonds is 2. The fraction of sp³-hybridized carbons (Fsp3) is 0.588. The average molecular weight is 327 g/mol. The summed E-state index contributed by atoms with van der Waals surface area (Å²) in [6.07, 6.45) is 4.21. The molecule has 2 aliphatic carbocycles. The van der Waals surface area contributed by atoms with Crippen molar-refractivity contribution >= 4 is 18.3 Å². The number of benzene rings is 1. The third kappa shape index (κ3) is 3.28. The van der Waals surface area contributed by atoms with E-state index in [-0.39, 0.29) is 42.1 Å². The van der Waals surface area contributed by atoms with Crippen LogP contribution in [-0.4, -0.2) is 11.9 Å². The van der Waals surface area contributed by atoms with Crippen molar-refractivity contribution in [2.24, 2.45) is 17.6 Å². The zero-order chi connectivity index (χ0) is 15.0. The van der Waals surface area contributed by atoms with Gasteiger partial charge in [0.1, 0.15) is 5.82 Å². The van der Waals surface area contributed by atoms with Crippen LogP contribution in [0.15, 0.2) is 18.2 Å². The van der Waals surface area contributed by atoms with E-state index < -0.39 is 0 Å². The van der Waals surface area contributed by atoms with Crippen LogP contribution in [0.3, 0.4) is 0 Å². The SMILES string of the molecule is CC1CCc2c(F)cccc2C1NC(=O)C1CCC(N)C1.Cl. The number of hydrogen-bond acceptors (Lipinski definition) is 2. The Morgan fingerprint density at radius 3 is 2.77 bits per heavy atom. The summed E-state index contributed by atoms with van der Waals surface area (Å²) in [4.78, 5) is 12.4. The molecule has 3 rings (SSSR count). The van der Waals surface area contributed by atoms with E-state index in [2.05, 4.69) is 12.2 Å². The van der Waals surface area contributed by atoms with Gasteiger partial charge in [-0.25, -0.2) is 4.39 Å². The third-order valence-corrected chi connectivity index (χ3v) is 5.05. The maximum atomic E-state index is 13.9. The summed E-state index contributed by atoms with van der Waals surface area (Å²) >= 11 is 0. The van der Waals surface area contributed by atoms with Crippen LogP contribution in [0.5, 0.6) is 0 Å². The van der Waals surface area contributed by atoms with Gasteiger partial charge in [-0.15, -0.1) is 12.4 Å². The monoisotopic (exact) mass is 326 g/mol. The number of nitrogens with one attached hydrogen (secondary N) is 1. The van der Waals surface area contributed by atoms with Crippen LogP contribution in [0.25, 0.3) is 0 Å². The number of hydrogen-bond donors (Lipinski definition) is 2. The van der Waals surface area contributed by atoms with Gasteiger partial charge in [0.05, 0.1) is 6.04 Å². The molecule has 2 aliphatic rings. The Labute approximate surface area is 137 Å². The van der Waals surface area contributed by atoms with Crippen LogP contribution in [0, 0.1) is 17.7 Å². The van der Waals surface area contributed by atoms with Gasteiger partial charge < -0.3 is 11.1 Å². The summed E-state index contributed by atoms with van der Waals surface area (Å²) < 4.78 is 13.9. The van der Waals surface area contributed by atoms with E-state index in [0.29, 0.717) is 5.92 Å². The number of amides is 1. The van der Waals surface area contributed by atoms with Gasteiger partial charge in [0.2, 0.25) is 5.91 Å². The Hall–Kier alpha value is -1.13. The Balaban J connectivity index is 0.00000176. The van der Waals surface area contributed by atoms with E-state index in [0.717, 1.165) is 43.2 Å². The van der Waals surface area contributed by atoms with Gasteiger partial charge in [0.25, 0.3) is 0 Å². The number of nitrogens with two attached hydrogens (primary N) is 1. The third-order valence-electron chi connectivity index (χ3n) is 5.05. The predicted molar refractivity (Wildman–Crippen MR) is 87.3 cm³/mol. The van der Waals surface area contributed by atoms with E-state index >= 15 is 0 Å². The molecule has 1 saturated carbocycles. The average Bonchev–Trinajstić information content (AvgIpc) is 2.89. The summed E-state index contributed by atoms with van der Waals surface area (Å²) in [5.74, 6) is 0.280. The van der Waals surface area contributed by atoms with Crippen LogP contribution >= 0.6 is 12.4 Å². The molecule has 1 aromatic carbocycles. The first-order valence-electron chi connectivity index (χ1n) is 7.89. The van der Waals surface area contributed by atoms with Gasteiger partial charge in [0, 0.05) is 12.0 Å².